The number of hydrogen-bond donors (Lipinski definition) is 0. The van der Waals surface area contributed by atoms with Gasteiger partial charge in [0, 0.05) is 11.5 Å². The Bertz CT molecular complexity index is 273. The summed E-state index contributed by atoms with van der Waals surface area (Å²) in [6.45, 7) is 3.12. The summed E-state index contributed by atoms with van der Waals surface area (Å²) in [6.07, 6.45) is -1.22. The van der Waals surface area contributed by atoms with Gasteiger partial charge in [0.1, 0.15) is 0 Å². The number of azide groups is 1. The molecule has 0 bridgehead atoms. The Morgan fingerprint density at radius 2 is 2.20 bits per heavy atom. The van der Waals surface area contributed by atoms with Crippen molar-refractivity contribution in [3.8, 4) is 0 Å². The number of nitrogens with zero attached hydrogens (tertiary/aromatic N) is 3. The van der Waals surface area contributed by atoms with Gasteiger partial charge in [-0.1, -0.05) is 5.11 Å². The van der Waals surface area contributed by atoms with E-state index in [2.05, 4.69) is 14.8 Å². The number of esters is 1. The zero-order valence-electron chi connectivity index (χ0n) is 8.67. The van der Waals surface area contributed by atoms with E-state index in [0.717, 1.165) is 0 Å². The van der Waals surface area contributed by atoms with Gasteiger partial charge in [0.25, 0.3) is 0 Å². The SMILES string of the molecule is CCOC(=O)[C@@H](OCCN=[N+]=[N-])C(C)=O. The number of carbonyl (C=O) groups excluding carboxylic acids is 2. The summed E-state index contributed by atoms with van der Waals surface area (Å²) in [6, 6.07) is 0. The fourth-order valence-corrected chi connectivity index (χ4v) is 0.825. The molecule has 0 saturated carbocycles. The normalized spacial score (nSPS) is 11.3. The quantitative estimate of drug-likeness (QED) is 0.157. The van der Waals surface area contributed by atoms with E-state index in [9.17, 15) is 9.59 Å². The van der Waals surface area contributed by atoms with Crippen molar-refractivity contribution < 1.29 is 19.1 Å². The molecule has 0 fully saturated rings. The summed E-state index contributed by atoms with van der Waals surface area (Å²) in [5.41, 5.74) is 7.98. The molecule has 0 rings (SSSR count). The van der Waals surface area contributed by atoms with Gasteiger partial charge in [-0.3, -0.25) is 4.79 Å². The van der Waals surface area contributed by atoms with Crippen LogP contribution in [0, 0.1) is 0 Å². The Morgan fingerprint density at radius 1 is 1.53 bits per heavy atom. The highest BCUT2D eigenvalue weighted by atomic mass is 16.6. The molecule has 0 aromatic heterocycles. The summed E-state index contributed by atoms with van der Waals surface area (Å²) < 4.78 is 9.57. The molecular formula is C8H13N3O4. The molecule has 0 aliphatic heterocycles. The Kier molecular flexibility index (Phi) is 6.96. The van der Waals surface area contributed by atoms with Crippen LogP contribution in [0.5, 0.6) is 0 Å². The minimum absolute atomic E-state index is 0.00706. The van der Waals surface area contributed by atoms with Crippen molar-refractivity contribution >= 4 is 11.8 Å². The molecule has 0 aliphatic rings. The van der Waals surface area contributed by atoms with Gasteiger partial charge in [-0.25, -0.2) is 4.79 Å². The highest BCUT2D eigenvalue weighted by Gasteiger charge is 2.24. The Balaban J connectivity index is 4.10. The number of ketones is 1. The van der Waals surface area contributed by atoms with Crippen molar-refractivity contribution in [2.24, 2.45) is 5.11 Å². The molecule has 7 nitrogen and oxygen atoms in total. The van der Waals surface area contributed by atoms with Crippen molar-refractivity contribution in [1.29, 1.82) is 0 Å². The molecule has 7 heteroatoms. The van der Waals surface area contributed by atoms with Gasteiger partial charge in [0.2, 0.25) is 6.10 Å². The minimum atomic E-state index is -1.22. The maximum absolute atomic E-state index is 11.2. The third-order valence-corrected chi connectivity index (χ3v) is 1.41. The molecule has 1 atom stereocenters. The number of carbonyl (C=O) groups is 2. The largest absolute Gasteiger partial charge is 0.464 e. The van der Waals surface area contributed by atoms with Gasteiger partial charge in [0.05, 0.1) is 13.2 Å². The molecular weight excluding hydrogens is 202 g/mol. The molecule has 0 aliphatic carbocycles. The fourth-order valence-electron chi connectivity index (χ4n) is 0.825. The van der Waals surface area contributed by atoms with Crippen molar-refractivity contribution in [3.05, 3.63) is 10.4 Å². The van der Waals surface area contributed by atoms with E-state index in [1.54, 1.807) is 6.92 Å². The van der Waals surface area contributed by atoms with Gasteiger partial charge in [0.15, 0.2) is 5.78 Å². The third kappa shape index (κ3) is 5.66. The van der Waals surface area contributed by atoms with Crippen LogP contribution in [-0.4, -0.2) is 37.6 Å². The van der Waals surface area contributed by atoms with Crippen molar-refractivity contribution in [1.82, 2.24) is 0 Å². The molecule has 0 unspecified atom stereocenters. The third-order valence-electron chi connectivity index (χ3n) is 1.41. The van der Waals surface area contributed by atoms with Crippen LogP contribution in [-0.2, 0) is 19.1 Å². The van der Waals surface area contributed by atoms with Crippen LogP contribution in [0.15, 0.2) is 5.11 Å². The Hall–Kier alpha value is -1.59. The lowest BCUT2D eigenvalue weighted by Gasteiger charge is -2.12. The van der Waals surface area contributed by atoms with Crippen molar-refractivity contribution in [2.75, 3.05) is 19.8 Å². The second kappa shape index (κ2) is 7.78. The predicted octanol–water partition coefficient (Wildman–Crippen LogP) is 0.834. The van der Waals surface area contributed by atoms with Crippen LogP contribution in [0.25, 0.3) is 10.4 Å². The van der Waals surface area contributed by atoms with Crippen LogP contribution < -0.4 is 0 Å². The molecule has 0 saturated heterocycles. The van der Waals surface area contributed by atoms with Gasteiger partial charge in [-0.2, -0.15) is 0 Å². The van der Waals surface area contributed by atoms with Gasteiger partial charge in [-0.05, 0) is 19.4 Å². The number of hydrogen-bond acceptors (Lipinski definition) is 5. The zero-order chi connectivity index (χ0) is 11.7. The summed E-state index contributed by atoms with van der Waals surface area (Å²) in [5, 5.41) is 3.20. The van der Waals surface area contributed by atoms with E-state index in [1.165, 1.54) is 6.92 Å². The first kappa shape index (κ1) is 13.4. The van der Waals surface area contributed by atoms with E-state index in [-0.39, 0.29) is 19.8 Å². The number of rotatable bonds is 7. The molecule has 15 heavy (non-hydrogen) atoms. The standard InChI is InChI=1S/C8H13N3O4/c1-3-14-8(13)7(6(2)12)15-5-4-10-11-9/h7H,3-5H2,1-2H3/t7-/m0/s1. The number of ether oxygens (including phenoxy) is 2. The average molecular weight is 215 g/mol. The van der Waals surface area contributed by atoms with Gasteiger partial charge >= 0.3 is 5.97 Å². The highest BCUT2D eigenvalue weighted by Crippen LogP contribution is 1.98. The van der Waals surface area contributed by atoms with Gasteiger partial charge < -0.3 is 9.47 Å². The smallest absolute Gasteiger partial charge is 0.343 e. The summed E-state index contributed by atoms with van der Waals surface area (Å²) in [7, 11) is 0. The first-order valence-electron chi connectivity index (χ1n) is 4.43. The lowest BCUT2D eigenvalue weighted by Crippen LogP contribution is -2.33. The highest BCUT2D eigenvalue weighted by molar-refractivity contribution is 6.00. The molecule has 84 valence electrons. The molecule has 0 aromatic rings. The lowest BCUT2D eigenvalue weighted by molar-refractivity contribution is -0.160. The summed E-state index contributed by atoms with van der Waals surface area (Å²) in [4.78, 5) is 24.7. The number of Topliss-reactive ketones (excluding diaryl/α,β-unsaturated/α-hetero) is 1. The molecule has 0 aromatic carbocycles. The lowest BCUT2D eigenvalue weighted by atomic mass is 10.2. The van der Waals surface area contributed by atoms with E-state index in [0.29, 0.717) is 0 Å². The van der Waals surface area contributed by atoms with Crippen molar-refractivity contribution in [3.63, 3.8) is 0 Å². The van der Waals surface area contributed by atoms with Crippen LogP contribution in [0.1, 0.15) is 13.8 Å². The van der Waals surface area contributed by atoms with E-state index >= 15 is 0 Å². The van der Waals surface area contributed by atoms with E-state index in [4.69, 9.17) is 10.3 Å². The molecule has 0 N–H and O–H groups in total. The zero-order valence-corrected chi connectivity index (χ0v) is 8.67. The molecule has 0 spiro atoms. The fraction of sp³-hybridized carbons (Fsp3) is 0.750. The second-order valence-corrected chi connectivity index (χ2v) is 2.57. The first-order valence-corrected chi connectivity index (χ1v) is 4.43. The van der Waals surface area contributed by atoms with Crippen molar-refractivity contribution in [2.45, 2.75) is 20.0 Å². The summed E-state index contributed by atoms with van der Waals surface area (Å²) in [5.74, 6) is -1.15. The van der Waals surface area contributed by atoms with Crippen LogP contribution in [0.3, 0.4) is 0 Å². The van der Waals surface area contributed by atoms with Gasteiger partial charge in [-0.15, -0.1) is 0 Å². The summed E-state index contributed by atoms with van der Waals surface area (Å²) >= 11 is 0. The van der Waals surface area contributed by atoms with E-state index < -0.39 is 17.9 Å². The Morgan fingerprint density at radius 3 is 2.67 bits per heavy atom. The maximum Gasteiger partial charge on any atom is 0.343 e. The predicted molar refractivity (Wildman–Crippen MR) is 51.1 cm³/mol. The average Bonchev–Trinajstić information content (AvgIpc) is 2.17. The maximum atomic E-state index is 11.2. The molecule has 0 radical (unpaired) electrons. The van der Waals surface area contributed by atoms with Crippen LogP contribution in [0.4, 0.5) is 0 Å². The van der Waals surface area contributed by atoms with Crippen LogP contribution in [0.2, 0.25) is 0 Å². The second-order valence-electron chi connectivity index (χ2n) is 2.57. The van der Waals surface area contributed by atoms with Crippen LogP contribution >= 0.6 is 0 Å². The Labute approximate surface area is 87.0 Å². The monoisotopic (exact) mass is 215 g/mol. The molecule has 0 heterocycles. The molecule has 0 amide bonds. The van der Waals surface area contributed by atoms with E-state index in [1.807, 2.05) is 0 Å². The first-order chi connectivity index (χ1) is 7.13. The minimum Gasteiger partial charge on any atom is -0.464 e. The topological polar surface area (TPSA) is 101 Å².